The monoisotopic (exact) mass is 273 g/mol. The van der Waals surface area contributed by atoms with Gasteiger partial charge in [0.1, 0.15) is 0 Å². The fraction of sp³-hybridized carbons (Fsp3) is 0.750. The van der Waals surface area contributed by atoms with E-state index in [1.807, 2.05) is 10.8 Å². The number of nitrogens with one attached hydrogen (secondary N) is 1. The van der Waals surface area contributed by atoms with Crippen molar-refractivity contribution >= 4 is 15.8 Å². The Morgan fingerprint density at radius 1 is 1.44 bits per heavy atom. The highest BCUT2D eigenvalue weighted by Crippen LogP contribution is 2.16. The Balaban J connectivity index is 2.73. The molecule has 0 saturated carbocycles. The van der Waals surface area contributed by atoms with Gasteiger partial charge in [0.25, 0.3) is 0 Å². The van der Waals surface area contributed by atoms with Gasteiger partial charge in [0.2, 0.25) is 5.95 Å². The van der Waals surface area contributed by atoms with Crippen LogP contribution in [0.3, 0.4) is 0 Å². The number of imidazole rings is 1. The zero-order chi connectivity index (χ0) is 14.0. The first kappa shape index (κ1) is 15.0. The minimum absolute atomic E-state index is 0.348. The Labute approximate surface area is 110 Å². The molecule has 0 aliphatic carbocycles. The second-order valence-electron chi connectivity index (χ2n) is 5.68. The lowest BCUT2D eigenvalue weighted by Gasteiger charge is -2.23. The van der Waals surface area contributed by atoms with Crippen molar-refractivity contribution in [2.24, 2.45) is 5.92 Å². The SMILES string of the molecule is CC(C)Cn1ccnc1NCC(C)(C)S(C)(=O)=O. The highest BCUT2D eigenvalue weighted by atomic mass is 32.2. The summed E-state index contributed by atoms with van der Waals surface area (Å²) in [4.78, 5) is 4.21. The van der Waals surface area contributed by atoms with E-state index < -0.39 is 14.6 Å². The van der Waals surface area contributed by atoms with Crippen LogP contribution in [0.25, 0.3) is 0 Å². The van der Waals surface area contributed by atoms with E-state index in [0.29, 0.717) is 12.5 Å². The van der Waals surface area contributed by atoms with Crippen molar-refractivity contribution in [1.82, 2.24) is 9.55 Å². The van der Waals surface area contributed by atoms with E-state index in [1.165, 1.54) is 6.26 Å². The van der Waals surface area contributed by atoms with Gasteiger partial charge >= 0.3 is 0 Å². The predicted octanol–water partition coefficient (Wildman–Crippen LogP) is 1.77. The van der Waals surface area contributed by atoms with Crippen LogP contribution in [0.1, 0.15) is 27.7 Å². The molecule has 0 saturated heterocycles. The van der Waals surface area contributed by atoms with Gasteiger partial charge in [0.15, 0.2) is 9.84 Å². The van der Waals surface area contributed by atoms with E-state index in [1.54, 1.807) is 20.0 Å². The number of rotatable bonds is 6. The maximum absolute atomic E-state index is 11.6. The van der Waals surface area contributed by atoms with Crippen LogP contribution < -0.4 is 5.32 Å². The van der Waals surface area contributed by atoms with Crippen molar-refractivity contribution in [1.29, 1.82) is 0 Å². The molecule has 0 aliphatic heterocycles. The Bertz CT molecular complexity index is 489. The Morgan fingerprint density at radius 3 is 2.56 bits per heavy atom. The van der Waals surface area contributed by atoms with Crippen molar-refractivity contribution < 1.29 is 8.42 Å². The summed E-state index contributed by atoms with van der Waals surface area (Å²) in [5, 5.41) is 3.12. The average molecular weight is 273 g/mol. The fourth-order valence-corrected chi connectivity index (χ4v) is 1.77. The van der Waals surface area contributed by atoms with Gasteiger partial charge in [-0.25, -0.2) is 13.4 Å². The molecule has 18 heavy (non-hydrogen) atoms. The first-order valence-corrected chi connectivity index (χ1v) is 7.97. The average Bonchev–Trinajstić information content (AvgIpc) is 2.59. The lowest BCUT2D eigenvalue weighted by atomic mass is 10.2. The van der Waals surface area contributed by atoms with Gasteiger partial charge in [-0.2, -0.15) is 0 Å². The molecule has 0 fully saturated rings. The Hall–Kier alpha value is -1.04. The highest BCUT2D eigenvalue weighted by molar-refractivity contribution is 7.92. The smallest absolute Gasteiger partial charge is 0.202 e. The van der Waals surface area contributed by atoms with Gasteiger partial charge in [-0.15, -0.1) is 0 Å². The lowest BCUT2D eigenvalue weighted by molar-refractivity contribution is 0.523. The molecule has 0 aliphatic rings. The third kappa shape index (κ3) is 3.73. The molecule has 1 rings (SSSR count). The molecule has 0 atom stereocenters. The predicted molar refractivity (Wildman–Crippen MR) is 74.5 cm³/mol. The molecule has 104 valence electrons. The molecule has 0 bridgehead atoms. The second kappa shape index (κ2) is 5.30. The van der Waals surface area contributed by atoms with Gasteiger partial charge in [-0.05, 0) is 19.8 Å². The fourth-order valence-electron chi connectivity index (χ4n) is 1.44. The van der Waals surface area contributed by atoms with Crippen LogP contribution in [0.5, 0.6) is 0 Å². The van der Waals surface area contributed by atoms with Crippen LogP contribution in [-0.2, 0) is 16.4 Å². The number of hydrogen-bond acceptors (Lipinski definition) is 4. The molecule has 0 spiro atoms. The van der Waals surface area contributed by atoms with E-state index >= 15 is 0 Å². The Morgan fingerprint density at radius 2 is 2.06 bits per heavy atom. The molecule has 1 aromatic heterocycles. The number of nitrogens with zero attached hydrogens (tertiary/aromatic N) is 2. The summed E-state index contributed by atoms with van der Waals surface area (Å²) in [6.45, 7) is 8.90. The van der Waals surface area contributed by atoms with E-state index in [9.17, 15) is 8.42 Å². The molecular weight excluding hydrogens is 250 g/mol. The summed E-state index contributed by atoms with van der Waals surface area (Å²) < 4.78 is 24.4. The van der Waals surface area contributed by atoms with Crippen LogP contribution in [0, 0.1) is 5.92 Å². The third-order valence-electron chi connectivity index (χ3n) is 2.95. The van der Waals surface area contributed by atoms with Crippen molar-refractivity contribution in [3.05, 3.63) is 12.4 Å². The molecule has 5 nitrogen and oxygen atoms in total. The molecule has 1 heterocycles. The van der Waals surface area contributed by atoms with Gasteiger partial charge in [-0.1, -0.05) is 13.8 Å². The van der Waals surface area contributed by atoms with Crippen molar-refractivity contribution in [3.63, 3.8) is 0 Å². The largest absolute Gasteiger partial charge is 0.354 e. The van der Waals surface area contributed by atoms with Gasteiger partial charge in [-0.3, -0.25) is 0 Å². The van der Waals surface area contributed by atoms with Gasteiger partial charge in [0.05, 0.1) is 4.75 Å². The molecule has 0 radical (unpaired) electrons. The molecule has 1 aromatic rings. The van der Waals surface area contributed by atoms with E-state index in [2.05, 4.69) is 24.1 Å². The number of aromatic nitrogens is 2. The summed E-state index contributed by atoms with van der Waals surface area (Å²) >= 11 is 0. The Kier molecular flexibility index (Phi) is 4.42. The summed E-state index contributed by atoms with van der Waals surface area (Å²) in [5.74, 6) is 1.24. The third-order valence-corrected chi connectivity index (χ3v) is 5.11. The van der Waals surface area contributed by atoms with Gasteiger partial charge < -0.3 is 9.88 Å². The van der Waals surface area contributed by atoms with Crippen LogP contribution in [0.2, 0.25) is 0 Å². The topological polar surface area (TPSA) is 64.0 Å². The maximum Gasteiger partial charge on any atom is 0.202 e. The van der Waals surface area contributed by atoms with E-state index in [4.69, 9.17) is 0 Å². The lowest BCUT2D eigenvalue weighted by Crippen LogP contribution is -2.38. The summed E-state index contributed by atoms with van der Waals surface area (Å²) in [7, 11) is -3.09. The minimum atomic E-state index is -3.09. The zero-order valence-electron chi connectivity index (χ0n) is 11.8. The normalized spacial score (nSPS) is 13.0. The molecule has 0 amide bonds. The molecular formula is C12H23N3O2S. The minimum Gasteiger partial charge on any atom is -0.354 e. The standard InChI is InChI=1S/C12H23N3O2S/c1-10(2)8-15-7-6-13-11(15)14-9-12(3,4)18(5,16)17/h6-7,10H,8-9H2,1-5H3,(H,13,14). The van der Waals surface area contributed by atoms with Crippen LogP contribution in [-0.4, -0.2) is 35.5 Å². The molecule has 0 unspecified atom stereocenters. The van der Waals surface area contributed by atoms with Crippen molar-refractivity contribution in [2.75, 3.05) is 18.1 Å². The summed E-state index contributed by atoms with van der Waals surface area (Å²) in [6, 6.07) is 0. The van der Waals surface area contributed by atoms with Crippen LogP contribution in [0.4, 0.5) is 5.95 Å². The van der Waals surface area contributed by atoms with Gasteiger partial charge in [0, 0.05) is 31.7 Å². The number of hydrogen-bond donors (Lipinski definition) is 1. The molecule has 1 N–H and O–H groups in total. The maximum atomic E-state index is 11.6. The zero-order valence-corrected chi connectivity index (χ0v) is 12.6. The van der Waals surface area contributed by atoms with Crippen molar-refractivity contribution in [2.45, 2.75) is 39.0 Å². The first-order valence-electron chi connectivity index (χ1n) is 6.08. The highest BCUT2D eigenvalue weighted by Gasteiger charge is 2.30. The van der Waals surface area contributed by atoms with Crippen molar-refractivity contribution in [3.8, 4) is 0 Å². The van der Waals surface area contributed by atoms with Crippen LogP contribution >= 0.6 is 0 Å². The molecule has 6 heteroatoms. The summed E-state index contributed by atoms with van der Waals surface area (Å²) in [5.41, 5.74) is 0. The first-order chi connectivity index (χ1) is 8.13. The number of sulfone groups is 1. The molecule has 0 aromatic carbocycles. The van der Waals surface area contributed by atoms with E-state index in [-0.39, 0.29) is 0 Å². The van der Waals surface area contributed by atoms with E-state index in [0.717, 1.165) is 12.5 Å². The quantitative estimate of drug-likeness (QED) is 0.858. The van der Waals surface area contributed by atoms with Crippen LogP contribution in [0.15, 0.2) is 12.4 Å². The second-order valence-corrected chi connectivity index (χ2v) is 8.33. The summed E-state index contributed by atoms with van der Waals surface area (Å²) in [6.07, 6.45) is 4.88. The number of anilines is 1.